The molecule has 156 valence electrons. The van der Waals surface area contributed by atoms with Crippen molar-refractivity contribution in [1.82, 2.24) is 19.9 Å². The monoisotopic (exact) mass is 411 g/mol. The maximum atomic E-state index is 6.08. The topological polar surface area (TPSA) is 63.2 Å². The first-order valence-electron chi connectivity index (χ1n) is 10.6. The zero-order chi connectivity index (χ0) is 21.0. The fourth-order valence-corrected chi connectivity index (χ4v) is 4.00. The highest BCUT2D eigenvalue weighted by Crippen LogP contribution is 2.25. The summed E-state index contributed by atoms with van der Waals surface area (Å²) in [5.41, 5.74) is 4.23. The predicted octanol–water partition coefficient (Wildman–Crippen LogP) is 4.65. The molecule has 4 heterocycles. The molecule has 6 nitrogen and oxygen atoms in total. The Morgan fingerprint density at radius 3 is 2.71 bits per heavy atom. The molecule has 1 aliphatic rings. The normalized spacial score (nSPS) is 17.0. The smallest absolute Gasteiger partial charge is 0.131 e. The van der Waals surface area contributed by atoms with Gasteiger partial charge in [0.2, 0.25) is 0 Å². The molecular weight excluding hydrogens is 386 g/mol. The molecule has 1 saturated heterocycles. The van der Waals surface area contributed by atoms with Crippen LogP contribution in [0.15, 0.2) is 72.9 Å². The summed E-state index contributed by atoms with van der Waals surface area (Å²) >= 11 is 0. The first kappa shape index (κ1) is 19.6. The van der Waals surface area contributed by atoms with Crippen molar-refractivity contribution in [3.8, 4) is 0 Å². The molecule has 6 heteroatoms. The molecular formula is C25H25N5O. The SMILES string of the molecule is Cc1cccc(Nc2cccc([C@@H]3CN(Cc4ccnc5ccccc45)CCO3)n2)n1. The van der Waals surface area contributed by atoms with Crippen LogP contribution in [0.2, 0.25) is 0 Å². The third-order valence-electron chi connectivity index (χ3n) is 5.53. The highest BCUT2D eigenvalue weighted by molar-refractivity contribution is 5.81. The van der Waals surface area contributed by atoms with Crippen LogP contribution in [0.5, 0.6) is 0 Å². The Labute approximate surface area is 181 Å². The first-order valence-corrected chi connectivity index (χ1v) is 10.6. The lowest BCUT2D eigenvalue weighted by atomic mass is 10.1. The minimum Gasteiger partial charge on any atom is -0.369 e. The van der Waals surface area contributed by atoms with Gasteiger partial charge in [0.1, 0.15) is 17.7 Å². The van der Waals surface area contributed by atoms with Crippen LogP contribution in [0.1, 0.15) is 23.1 Å². The molecule has 31 heavy (non-hydrogen) atoms. The number of nitrogens with zero attached hydrogens (tertiary/aromatic N) is 4. The quantitative estimate of drug-likeness (QED) is 0.516. The van der Waals surface area contributed by atoms with E-state index in [1.54, 1.807) is 0 Å². The zero-order valence-electron chi connectivity index (χ0n) is 17.5. The van der Waals surface area contributed by atoms with E-state index in [1.165, 1.54) is 10.9 Å². The zero-order valence-corrected chi connectivity index (χ0v) is 17.5. The maximum absolute atomic E-state index is 6.08. The van der Waals surface area contributed by atoms with E-state index >= 15 is 0 Å². The van der Waals surface area contributed by atoms with E-state index in [4.69, 9.17) is 9.72 Å². The third-order valence-corrected chi connectivity index (χ3v) is 5.53. The molecule has 1 fully saturated rings. The number of aryl methyl sites for hydroxylation is 1. The summed E-state index contributed by atoms with van der Waals surface area (Å²) in [6.07, 6.45) is 1.83. The molecule has 0 radical (unpaired) electrons. The number of pyridine rings is 3. The number of para-hydroxylation sites is 1. The third kappa shape index (κ3) is 4.55. The minimum atomic E-state index is -0.0610. The van der Waals surface area contributed by atoms with Gasteiger partial charge in [-0.3, -0.25) is 9.88 Å². The van der Waals surface area contributed by atoms with Gasteiger partial charge in [0.05, 0.1) is 17.8 Å². The number of hydrogen-bond donors (Lipinski definition) is 1. The van der Waals surface area contributed by atoms with Crippen molar-refractivity contribution in [3.05, 3.63) is 89.9 Å². The highest BCUT2D eigenvalue weighted by atomic mass is 16.5. The first-order chi connectivity index (χ1) is 15.2. The van der Waals surface area contributed by atoms with Crippen LogP contribution in [0.4, 0.5) is 11.6 Å². The number of rotatable bonds is 5. The number of morpholine rings is 1. The molecule has 0 spiro atoms. The summed E-state index contributed by atoms with van der Waals surface area (Å²) < 4.78 is 6.08. The Hall–Kier alpha value is -3.35. The molecule has 1 aromatic carbocycles. The minimum absolute atomic E-state index is 0.0610. The van der Waals surface area contributed by atoms with Crippen LogP contribution in [-0.2, 0) is 11.3 Å². The van der Waals surface area contributed by atoms with Crippen molar-refractivity contribution in [2.24, 2.45) is 0 Å². The second-order valence-corrected chi connectivity index (χ2v) is 7.82. The molecule has 1 atom stereocenters. The van der Waals surface area contributed by atoms with Gasteiger partial charge in [-0.25, -0.2) is 9.97 Å². The summed E-state index contributed by atoms with van der Waals surface area (Å²) in [7, 11) is 0. The fourth-order valence-electron chi connectivity index (χ4n) is 4.00. The Morgan fingerprint density at radius 1 is 0.968 bits per heavy atom. The molecule has 5 rings (SSSR count). The molecule has 0 amide bonds. The average Bonchev–Trinajstić information content (AvgIpc) is 2.80. The molecule has 0 bridgehead atoms. The molecule has 3 aromatic heterocycles. The summed E-state index contributed by atoms with van der Waals surface area (Å²) in [5.74, 6) is 1.57. The highest BCUT2D eigenvalue weighted by Gasteiger charge is 2.23. The predicted molar refractivity (Wildman–Crippen MR) is 122 cm³/mol. The van der Waals surface area contributed by atoms with Gasteiger partial charge in [-0.2, -0.15) is 0 Å². The van der Waals surface area contributed by atoms with Gasteiger partial charge in [0.15, 0.2) is 0 Å². The van der Waals surface area contributed by atoms with Crippen LogP contribution in [0, 0.1) is 6.92 Å². The van der Waals surface area contributed by atoms with Crippen LogP contribution in [0.3, 0.4) is 0 Å². The van der Waals surface area contributed by atoms with Crippen molar-refractivity contribution in [1.29, 1.82) is 0 Å². The van der Waals surface area contributed by atoms with E-state index in [1.807, 2.05) is 55.6 Å². The number of nitrogens with one attached hydrogen (secondary N) is 1. The second kappa shape index (κ2) is 8.79. The Bertz CT molecular complexity index is 1190. The number of fused-ring (bicyclic) bond motifs is 1. The van der Waals surface area contributed by atoms with Gasteiger partial charge in [0.25, 0.3) is 0 Å². The van der Waals surface area contributed by atoms with Crippen molar-refractivity contribution in [3.63, 3.8) is 0 Å². The van der Waals surface area contributed by atoms with Gasteiger partial charge in [-0.1, -0.05) is 30.3 Å². The molecule has 0 aliphatic carbocycles. The van der Waals surface area contributed by atoms with Gasteiger partial charge >= 0.3 is 0 Å². The van der Waals surface area contributed by atoms with Crippen molar-refractivity contribution in [2.75, 3.05) is 25.0 Å². The van der Waals surface area contributed by atoms with E-state index in [9.17, 15) is 0 Å². The molecule has 1 N–H and O–H groups in total. The number of benzene rings is 1. The lowest BCUT2D eigenvalue weighted by Crippen LogP contribution is -2.38. The maximum Gasteiger partial charge on any atom is 0.131 e. The van der Waals surface area contributed by atoms with E-state index in [-0.39, 0.29) is 6.10 Å². The molecule has 0 saturated carbocycles. The molecule has 1 aliphatic heterocycles. The van der Waals surface area contributed by atoms with Crippen LogP contribution in [-0.4, -0.2) is 39.5 Å². The van der Waals surface area contributed by atoms with Crippen molar-refractivity contribution < 1.29 is 4.74 Å². The number of aromatic nitrogens is 3. The lowest BCUT2D eigenvalue weighted by molar-refractivity contribution is -0.0348. The molecule has 0 unspecified atom stereocenters. The lowest BCUT2D eigenvalue weighted by Gasteiger charge is -2.33. The Kier molecular flexibility index (Phi) is 5.56. The second-order valence-electron chi connectivity index (χ2n) is 7.82. The average molecular weight is 412 g/mol. The summed E-state index contributed by atoms with van der Waals surface area (Å²) in [6.45, 7) is 5.24. The number of hydrogen-bond acceptors (Lipinski definition) is 6. The molecule has 4 aromatic rings. The van der Waals surface area contributed by atoms with Gasteiger partial charge in [0, 0.05) is 36.9 Å². The van der Waals surface area contributed by atoms with Crippen LogP contribution < -0.4 is 5.32 Å². The summed E-state index contributed by atoms with van der Waals surface area (Å²) in [4.78, 5) is 16.2. The number of ether oxygens (including phenoxy) is 1. The summed E-state index contributed by atoms with van der Waals surface area (Å²) in [5, 5.41) is 4.51. The Morgan fingerprint density at radius 2 is 1.81 bits per heavy atom. The van der Waals surface area contributed by atoms with Gasteiger partial charge < -0.3 is 10.1 Å². The van der Waals surface area contributed by atoms with Gasteiger partial charge in [-0.15, -0.1) is 0 Å². The fraction of sp³-hybridized carbons (Fsp3) is 0.240. The Balaban J connectivity index is 1.31. The van der Waals surface area contributed by atoms with E-state index < -0.39 is 0 Å². The van der Waals surface area contributed by atoms with Crippen LogP contribution >= 0.6 is 0 Å². The van der Waals surface area contributed by atoms with E-state index in [0.29, 0.717) is 6.61 Å². The van der Waals surface area contributed by atoms with E-state index in [2.05, 4.69) is 44.5 Å². The van der Waals surface area contributed by atoms with Crippen molar-refractivity contribution >= 4 is 22.5 Å². The van der Waals surface area contributed by atoms with Crippen LogP contribution in [0.25, 0.3) is 10.9 Å². The number of anilines is 2. The van der Waals surface area contributed by atoms with Gasteiger partial charge in [-0.05, 0) is 48.9 Å². The van der Waals surface area contributed by atoms with E-state index in [0.717, 1.165) is 48.2 Å². The summed E-state index contributed by atoms with van der Waals surface area (Å²) in [6, 6.07) is 22.3. The standard InChI is InChI=1S/C25H25N5O/c1-18-6-4-10-24(27-18)29-25-11-5-9-22(28-25)23-17-30(14-15-31-23)16-19-12-13-26-21-8-3-2-7-20(19)21/h2-13,23H,14-17H2,1H3,(H,27,28,29)/t23-/m0/s1. The van der Waals surface area contributed by atoms with Crippen molar-refractivity contribution in [2.45, 2.75) is 19.6 Å². The largest absolute Gasteiger partial charge is 0.369 e.